The van der Waals surface area contributed by atoms with Crippen LogP contribution in [0.25, 0.3) is 0 Å². The summed E-state index contributed by atoms with van der Waals surface area (Å²) in [7, 11) is 2.30. The largest absolute Gasteiger partial charge is 0.455 e. The number of halogens is 2. The maximum absolute atomic E-state index is 15.6. The van der Waals surface area contributed by atoms with Crippen LogP contribution in [-0.4, -0.2) is 48.3 Å². The van der Waals surface area contributed by atoms with Crippen molar-refractivity contribution in [3.63, 3.8) is 0 Å². The number of benzene rings is 3. The van der Waals surface area contributed by atoms with Crippen molar-refractivity contribution < 1.29 is 27.6 Å². The molecule has 0 saturated carbocycles. The van der Waals surface area contributed by atoms with Crippen LogP contribution in [0.1, 0.15) is 0 Å². The van der Waals surface area contributed by atoms with E-state index in [1.165, 1.54) is 40.1 Å². The molecule has 0 aliphatic carbocycles. The van der Waals surface area contributed by atoms with Gasteiger partial charge in [0.05, 0.1) is 10.6 Å². The minimum Gasteiger partial charge on any atom is -0.455 e. The maximum atomic E-state index is 15.6. The van der Waals surface area contributed by atoms with Gasteiger partial charge in [-0.1, -0.05) is 18.2 Å². The molecule has 6 nitrogen and oxygen atoms in total. The Hall–Kier alpha value is -3.07. The van der Waals surface area contributed by atoms with Gasteiger partial charge in [-0.3, -0.25) is 0 Å². The van der Waals surface area contributed by atoms with Gasteiger partial charge >= 0.3 is 0 Å². The zero-order chi connectivity index (χ0) is 25.5. The van der Waals surface area contributed by atoms with Crippen molar-refractivity contribution in [2.24, 2.45) is 0 Å². The molecule has 1 aliphatic heterocycles. The van der Waals surface area contributed by atoms with Crippen molar-refractivity contribution in [1.82, 2.24) is 9.80 Å². The van der Waals surface area contributed by atoms with Crippen LogP contribution in [0.4, 0.5) is 8.78 Å². The van der Waals surface area contributed by atoms with Crippen molar-refractivity contribution in [1.29, 1.82) is 0 Å². The highest BCUT2D eigenvalue weighted by molar-refractivity contribution is 7.86. The number of thiocarbonyl (C=S) groups is 2. The predicted octanol–water partition coefficient (Wildman–Crippen LogP) is 4.16. The Bertz CT molecular complexity index is 1360. The van der Waals surface area contributed by atoms with E-state index in [4.69, 9.17) is 38.6 Å². The summed E-state index contributed by atoms with van der Waals surface area (Å²) in [5, 5.41) is -0.628. The molecule has 1 atom stereocenters. The fourth-order valence-electron chi connectivity index (χ4n) is 3.57. The van der Waals surface area contributed by atoms with Crippen LogP contribution in [0.5, 0.6) is 23.0 Å². The van der Waals surface area contributed by atoms with Crippen molar-refractivity contribution in [2.45, 2.75) is 0 Å². The summed E-state index contributed by atoms with van der Waals surface area (Å²) < 4.78 is 63.7. The lowest BCUT2D eigenvalue weighted by Gasteiger charge is -2.31. The Labute approximate surface area is 212 Å². The van der Waals surface area contributed by atoms with Gasteiger partial charge in [-0.25, -0.2) is 8.78 Å². The van der Waals surface area contributed by atoms with Crippen LogP contribution in [0.15, 0.2) is 54.6 Å². The van der Waals surface area contributed by atoms with Gasteiger partial charge < -0.3 is 28.6 Å². The first-order valence-corrected chi connectivity index (χ1v) is 12.9. The summed E-state index contributed by atoms with van der Waals surface area (Å²) in [4.78, 5) is 3.03. The molecule has 3 aromatic carbocycles. The Morgan fingerprint density at radius 2 is 1.17 bits per heavy atom. The molecule has 0 bridgehead atoms. The molecule has 182 valence electrons. The average molecular weight is 535 g/mol. The average Bonchev–Trinajstić information content (AvgIpc) is 2.78. The van der Waals surface area contributed by atoms with Crippen LogP contribution in [0.3, 0.4) is 0 Å². The molecule has 1 unspecified atom stereocenters. The Kier molecular flexibility index (Phi) is 6.81. The molecular formula is C24H21F2N2O4PS2. The lowest BCUT2D eigenvalue weighted by Crippen LogP contribution is -2.37. The topological polar surface area (TPSA) is 51.2 Å². The number of rotatable bonds is 3. The van der Waals surface area contributed by atoms with Crippen molar-refractivity contribution in [3.8, 4) is 23.0 Å². The SMILES string of the molecule is CN(C)C(=S)Oc1cccc(F)c1P1(=O)c2c(F)cccc2Oc2cccc(OC(=S)N(C)C)c21. The molecule has 0 fully saturated rings. The van der Waals surface area contributed by atoms with Gasteiger partial charge in [-0.15, -0.1) is 0 Å². The molecule has 0 aromatic heterocycles. The van der Waals surface area contributed by atoms with Gasteiger partial charge in [0.2, 0.25) is 0 Å². The summed E-state index contributed by atoms with van der Waals surface area (Å²) >= 11 is 10.5. The fraction of sp³-hybridized carbons (Fsp3) is 0.167. The van der Waals surface area contributed by atoms with E-state index in [0.29, 0.717) is 0 Å². The van der Waals surface area contributed by atoms with E-state index in [1.54, 1.807) is 40.3 Å². The van der Waals surface area contributed by atoms with Gasteiger partial charge in [0, 0.05) is 28.2 Å². The number of hydrogen-bond acceptors (Lipinski definition) is 6. The second kappa shape index (κ2) is 9.53. The van der Waals surface area contributed by atoms with Crippen molar-refractivity contribution >= 4 is 57.8 Å². The van der Waals surface area contributed by atoms with Crippen molar-refractivity contribution in [2.75, 3.05) is 28.2 Å². The summed E-state index contributed by atoms with van der Waals surface area (Å²) in [6.45, 7) is 0. The monoisotopic (exact) mass is 534 g/mol. The van der Waals surface area contributed by atoms with Crippen LogP contribution >= 0.6 is 31.6 Å². The molecule has 0 N–H and O–H groups in total. The first kappa shape index (κ1) is 25.0. The summed E-state index contributed by atoms with van der Waals surface area (Å²) in [6.07, 6.45) is 0. The second-order valence-electron chi connectivity index (χ2n) is 8.01. The third-order valence-electron chi connectivity index (χ3n) is 5.15. The highest BCUT2D eigenvalue weighted by Crippen LogP contribution is 2.56. The van der Waals surface area contributed by atoms with Crippen LogP contribution < -0.4 is 30.1 Å². The fourth-order valence-corrected chi connectivity index (χ4v) is 6.89. The summed E-state index contributed by atoms with van der Waals surface area (Å²) in [5.41, 5.74) is 0. The van der Waals surface area contributed by atoms with E-state index >= 15 is 13.3 Å². The molecule has 0 radical (unpaired) electrons. The molecule has 11 heteroatoms. The van der Waals surface area contributed by atoms with Gasteiger partial charge in [-0.2, -0.15) is 0 Å². The normalized spacial score (nSPS) is 15.8. The third kappa shape index (κ3) is 4.37. The molecular weight excluding hydrogens is 513 g/mol. The van der Waals surface area contributed by atoms with Crippen molar-refractivity contribution in [3.05, 3.63) is 66.2 Å². The van der Waals surface area contributed by atoms with Crippen LogP contribution in [0, 0.1) is 11.6 Å². The highest BCUT2D eigenvalue weighted by atomic mass is 32.1. The lowest BCUT2D eigenvalue weighted by molar-refractivity contribution is 0.443. The second-order valence-corrected chi connectivity index (χ2v) is 11.3. The van der Waals surface area contributed by atoms with Gasteiger partial charge in [-0.05, 0) is 60.8 Å². The van der Waals surface area contributed by atoms with Gasteiger partial charge in [0.25, 0.3) is 10.3 Å². The predicted molar refractivity (Wildman–Crippen MR) is 140 cm³/mol. The molecule has 0 spiro atoms. The first-order valence-electron chi connectivity index (χ1n) is 10.3. The Morgan fingerprint density at radius 3 is 1.71 bits per heavy atom. The summed E-state index contributed by atoms with van der Waals surface area (Å²) in [5.74, 6) is -1.64. The Balaban J connectivity index is 2.08. The minimum absolute atomic E-state index is 0.00226. The number of ether oxygens (including phenoxy) is 3. The lowest BCUT2D eigenvalue weighted by atomic mass is 10.3. The van der Waals surface area contributed by atoms with Gasteiger partial charge in [0.1, 0.15) is 39.9 Å². The minimum atomic E-state index is -4.35. The van der Waals surface area contributed by atoms with E-state index < -0.39 is 18.8 Å². The molecule has 1 heterocycles. The smallest absolute Gasteiger partial charge is 0.264 e. The quantitative estimate of drug-likeness (QED) is 0.287. The molecule has 0 saturated heterocycles. The van der Waals surface area contributed by atoms with E-state index in [9.17, 15) is 0 Å². The number of nitrogens with zero attached hydrogens (tertiary/aromatic N) is 2. The van der Waals surface area contributed by atoms with E-state index in [1.807, 2.05) is 0 Å². The van der Waals surface area contributed by atoms with E-state index in [0.717, 1.165) is 12.1 Å². The standard InChI is InChI=1S/C24H21F2N2O4PS2/c1-27(2)23(34)31-17-11-6-9-15(26)21(17)33(29)20-14(25)8-5-10-16(20)30-18-12-7-13-19(22(18)33)32-24(35)28(3)4/h5-13H,1-4H3. The maximum Gasteiger partial charge on any atom is 0.264 e. The zero-order valence-corrected chi connectivity index (χ0v) is 21.8. The third-order valence-corrected chi connectivity index (χ3v) is 9.25. The Morgan fingerprint density at radius 1 is 0.743 bits per heavy atom. The number of hydrogen-bond donors (Lipinski definition) is 0. The molecule has 1 aliphatic rings. The summed E-state index contributed by atoms with van der Waals surface area (Å²) in [6, 6.07) is 12.7. The molecule has 4 rings (SSSR count). The van der Waals surface area contributed by atoms with E-state index in [2.05, 4.69) is 0 Å². The molecule has 3 aromatic rings. The number of fused-ring (bicyclic) bond motifs is 2. The first-order chi connectivity index (χ1) is 16.6. The molecule has 0 amide bonds. The molecule has 35 heavy (non-hydrogen) atoms. The zero-order valence-electron chi connectivity index (χ0n) is 19.2. The van der Waals surface area contributed by atoms with E-state index in [-0.39, 0.29) is 49.3 Å². The highest BCUT2D eigenvalue weighted by Gasteiger charge is 2.47. The van der Waals surface area contributed by atoms with Gasteiger partial charge in [0.15, 0.2) is 7.14 Å². The van der Waals surface area contributed by atoms with Crippen LogP contribution in [-0.2, 0) is 4.57 Å². The van der Waals surface area contributed by atoms with Crippen LogP contribution in [0.2, 0.25) is 0 Å².